The van der Waals surface area contributed by atoms with Crippen LogP contribution in [0.2, 0.25) is 0 Å². The maximum absolute atomic E-state index is 5.76. The number of guanidine groups is 1. The van der Waals surface area contributed by atoms with E-state index < -0.39 is 0 Å². The molecule has 0 saturated carbocycles. The molecule has 1 aliphatic rings. The Hall–Kier alpha value is -1.75. The molecule has 1 fully saturated rings. The van der Waals surface area contributed by atoms with Gasteiger partial charge in [-0.3, -0.25) is 4.99 Å². The summed E-state index contributed by atoms with van der Waals surface area (Å²) in [6.07, 6.45) is 5.17. The van der Waals surface area contributed by atoms with E-state index in [0.29, 0.717) is 5.92 Å². The van der Waals surface area contributed by atoms with Crippen LogP contribution < -0.4 is 15.4 Å². The van der Waals surface area contributed by atoms with Crippen LogP contribution in [0.3, 0.4) is 0 Å². The second kappa shape index (κ2) is 11.9. The van der Waals surface area contributed by atoms with Crippen molar-refractivity contribution in [2.75, 3.05) is 39.8 Å². The van der Waals surface area contributed by atoms with Gasteiger partial charge in [-0.2, -0.15) is 0 Å². The minimum Gasteiger partial charge on any atom is -0.493 e. The molecule has 0 radical (unpaired) electrons. The molecule has 5 heteroatoms. The number of hydrogen-bond acceptors (Lipinski definition) is 3. The Bertz CT molecular complexity index is 550. The van der Waals surface area contributed by atoms with Gasteiger partial charge in [0.2, 0.25) is 0 Å². The van der Waals surface area contributed by atoms with E-state index in [1.54, 1.807) is 0 Å². The van der Waals surface area contributed by atoms with Gasteiger partial charge in [-0.1, -0.05) is 26.0 Å². The smallest absolute Gasteiger partial charge is 0.191 e. The monoisotopic (exact) mass is 374 g/mol. The van der Waals surface area contributed by atoms with Gasteiger partial charge in [0.1, 0.15) is 5.75 Å². The molecule has 1 saturated heterocycles. The molecule has 1 unspecified atom stereocenters. The van der Waals surface area contributed by atoms with Gasteiger partial charge >= 0.3 is 0 Å². The molecule has 0 aliphatic carbocycles. The molecule has 0 amide bonds. The van der Waals surface area contributed by atoms with Crippen LogP contribution in [0.5, 0.6) is 5.75 Å². The van der Waals surface area contributed by atoms with Gasteiger partial charge in [0.05, 0.1) is 12.6 Å². The van der Waals surface area contributed by atoms with E-state index in [4.69, 9.17) is 4.74 Å². The normalized spacial score (nSPS) is 16.6. The molecule has 152 valence electrons. The van der Waals surface area contributed by atoms with E-state index in [1.807, 2.05) is 19.2 Å². The zero-order valence-corrected chi connectivity index (χ0v) is 17.6. The van der Waals surface area contributed by atoms with Crippen molar-refractivity contribution < 1.29 is 4.74 Å². The van der Waals surface area contributed by atoms with Crippen molar-refractivity contribution in [3.63, 3.8) is 0 Å². The van der Waals surface area contributed by atoms with Gasteiger partial charge in [-0.05, 0) is 75.9 Å². The van der Waals surface area contributed by atoms with E-state index in [1.165, 1.54) is 50.9 Å². The first kappa shape index (κ1) is 21.5. The van der Waals surface area contributed by atoms with Crippen molar-refractivity contribution in [1.82, 2.24) is 15.5 Å². The lowest BCUT2D eigenvalue weighted by molar-refractivity contribution is 0.271. The van der Waals surface area contributed by atoms with Gasteiger partial charge in [0.15, 0.2) is 5.96 Å². The topological polar surface area (TPSA) is 48.9 Å². The molecule has 1 aliphatic heterocycles. The van der Waals surface area contributed by atoms with Gasteiger partial charge in [0, 0.05) is 13.6 Å². The highest BCUT2D eigenvalue weighted by atomic mass is 16.5. The Labute approximate surface area is 165 Å². The van der Waals surface area contributed by atoms with Crippen LogP contribution in [0.15, 0.2) is 29.3 Å². The molecule has 2 rings (SSSR count). The predicted molar refractivity (Wildman–Crippen MR) is 115 cm³/mol. The number of unbranched alkanes of at least 4 members (excludes halogenated alkanes) is 1. The lowest BCUT2D eigenvalue weighted by Crippen LogP contribution is -2.39. The van der Waals surface area contributed by atoms with Crippen LogP contribution in [0.1, 0.15) is 58.1 Å². The average Bonchev–Trinajstić information content (AvgIpc) is 3.19. The Kier molecular flexibility index (Phi) is 9.46. The standard InChI is InChI=1S/C22H38N4O/c1-18(2)17-27-21-11-9-20(10-12-21)19(3)25-22(23-4)24-13-5-6-14-26-15-7-8-16-26/h9-12,18-19H,5-8,13-17H2,1-4H3,(H2,23,24,25). The fraction of sp³-hybridized carbons (Fsp3) is 0.682. The van der Waals surface area contributed by atoms with Crippen LogP contribution in [-0.2, 0) is 0 Å². The molecular weight excluding hydrogens is 336 g/mol. The Balaban J connectivity index is 1.68. The molecule has 0 aromatic heterocycles. The molecular formula is C22H38N4O. The summed E-state index contributed by atoms with van der Waals surface area (Å²) in [5, 5.41) is 6.91. The molecule has 5 nitrogen and oxygen atoms in total. The first-order chi connectivity index (χ1) is 13.1. The third kappa shape index (κ3) is 8.21. The maximum Gasteiger partial charge on any atom is 0.191 e. The lowest BCUT2D eigenvalue weighted by Gasteiger charge is -2.19. The highest BCUT2D eigenvalue weighted by molar-refractivity contribution is 5.80. The SMILES string of the molecule is CN=C(NCCCCN1CCCC1)NC(C)c1ccc(OCC(C)C)cc1. The molecule has 1 heterocycles. The third-order valence-corrected chi connectivity index (χ3v) is 4.93. The van der Waals surface area contributed by atoms with Crippen molar-refractivity contribution in [2.45, 2.75) is 52.5 Å². The highest BCUT2D eigenvalue weighted by Crippen LogP contribution is 2.18. The number of nitrogens with one attached hydrogen (secondary N) is 2. The van der Waals surface area contributed by atoms with Crippen LogP contribution >= 0.6 is 0 Å². The lowest BCUT2D eigenvalue weighted by atomic mass is 10.1. The van der Waals surface area contributed by atoms with Crippen LogP contribution in [0, 0.1) is 5.92 Å². The first-order valence-electron chi connectivity index (χ1n) is 10.5. The summed E-state index contributed by atoms with van der Waals surface area (Å²) in [4.78, 5) is 6.93. The summed E-state index contributed by atoms with van der Waals surface area (Å²) in [6.45, 7) is 12.0. The van der Waals surface area contributed by atoms with E-state index >= 15 is 0 Å². The van der Waals surface area contributed by atoms with Gasteiger partial charge in [-0.15, -0.1) is 0 Å². The van der Waals surface area contributed by atoms with E-state index in [-0.39, 0.29) is 6.04 Å². The Morgan fingerprint density at radius 3 is 2.44 bits per heavy atom. The predicted octanol–water partition coefficient (Wildman–Crippen LogP) is 3.82. The minimum absolute atomic E-state index is 0.194. The van der Waals surface area contributed by atoms with Gasteiger partial charge in [-0.25, -0.2) is 0 Å². The third-order valence-electron chi connectivity index (χ3n) is 4.93. The van der Waals surface area contributed by atoms with Crippen LogP contribution in [0.4, 0.5) is 0 Å². The van der Waals surface area contributed by atoms with Crippen molar-refractivity contribution in [2.24, 2.45) is 10.9 Å². The highest BCUT2D eigenvalue weighted by Gasteiger charge is 2.11. The van der Waals surface area contributed by atoms with Crippen LogP contribution in [0.25, 0.3) is 0 Å². The zero-order valence-electron chi connectivity index (χ0n) is 17.6. The zero-order chi connectivity index (χ0) is 19.5. The average molecular weight is 375 g/mol. The van der Waals surface area contributed by atoms with Crippen molar-refractivity contribution in [3.8, 4) is 5.75 Å². The summed E-state index contributed by atoms with van der Waals surface area (Å²) >= 11 is 0. The number of hydrogen-bond donors (Lipinski definition) is 2. The second-order valence-corrected chi connectivity index (χ2v) is 7.89. The summed E-state index contributed by atoms with van der Waals surface area (Å²) < 4.78 is 5.76. The van der Waals surface area contributed by atoms with Gasteiger partial charge in [0.25, 0.3) is 0 Å². The molecule has 1 aromatic rings. The van der Waals surface area contributed by atoms with E-state index in [2.05, 4.69) is 53.4 Å². The van der Waals surface area contributed by atoms with Gasteiger partial charge < -0.3 is 20.3 Å². The molecule has 1 atom stereocenters. The molecule has 0 bridgehead atoms. The number of nitrogens with zero attached hydrogens (tertiary/aromatic N) is 2. The Morgan fingerprint density at radius 1 is 1.11 bits per heavy atom. The summed E-state index contributed by atoms with van der Waals surface area (Å²) in [7, 11) is 1.83. The number of rotatable bonds is 10. The minimum atomic E-state index is 0.194. The molecule has 2 N–H and O–H groups in total. The maximum atomic E-state index is 5.76. The Morgan fingerprint density at radius 2 is 1.81 bits per heavy atom. The molecule has 27 heavy (non-hydrogen) atoms. The first-order valence-corrected chi connectivity index (χ1v) is 10.5. The molecule has 0 spiro atoms. The van der Waals surface area contributed by atoms with E-state index in [0.717, 1.165) is 24.9 Å². The second-order valence-electron chi connectivity index (χ2n) is 7.89. The largest absolute Gasteiger partial charge is 0.493 e. The molecule has 1 aromatic carbocycles. The summed E-state index contributed by atoms with van der Waals surface area (Å²) in [5.74, 6) is 2.33. The fourth-order valence-corrected chi connectivity index (χ4v) is 3.27. The summed E-state index contributed by atoms with van der Waals surface area (Å²) in [5.41, 5.74) is 1.23. The number of ether oxygens (including phenoxy) is 1. The fourth-order valence-electron chi connectivity index (χ4n) is 3.27. The number of aliphatic imine (C=N–C) groups is 1. The number of benzene rings is 1. The van der Waals surface area contributed by atoms with Crippen molar-refractivity contribution in [1.29, 1.82) is 0 Å². The van der Waals surface area contributed by atoms with E-state index in [9.17, 15) is 0 Å². The summed E-state index contributed by atoms with van der Waals surface area (Å²) in [6, 6.07) is 8.53. The van der Waals surface area contributed by atoms with Crippen molar-refractivity contribution in [3.05, 3.63) is 29.8 Å². The van der Waals surface area contributed by atoms with Crippen LogP contribution in [-0.4, -0.2) is 50.7 Å². The quantitative estimate of drug-likeness (QED) is 0.371. The van der Waals surface area contributed by atoms with Crippen molar-refractivity contribution >= 4 is 5.96 Å². The number of likely N-dealkylation sites (tertiary alicyclic amines) is 1.